The summed E-state index contributed by atoms with van der Waals surface area (Å²) in [5, 5.41) is 2.61. The van der Waals surface area contributed by atoms with Crippen molar-refractivity contribution < 1.29 is 28.6 Å². The van der Waals surface area contributed by atoms with Gasteiger partial charge in [0.1, 0.15) is 11.6 Å². The molecule has 1 aromatic rings. The summed E-state index contributed by atoms with van der Waals surface area (Å²) in [6.07, 6.45) is 23.1. The predicted octanol–water partition coefficient (Wildman–Crippen LogP) is 8.19. The number of carbonyl (C=O) groups excluding carboxylic acids is 3. The lowest BCUT2D eigenvalue weighted by Gasteiger charge is -2.23. The number of hydrogen-bond acceptors (Lipinski definition) is 6. The molecule has 234 valence electrons. The Labute approximate surface area is 253 Å². The van der Waals surface area contributed by atoms with Crippen LogP contribution in [0.1, 0.15) is 104 Å². The van der Waals surface area contributed by atoms with Crippen LogP contribution < -0.4 is 5.32 Å². The minimum atomic E-state index is -0.892. The van der Waals surface area contributed by atoms with Crippen LogP contribution in [0.5, 0.6) is 0 Å². The number of ether oxygens (including phenoxy) is 3. The van der Waals surface area contributed by atoms with Crippen LogP contribution in [0.25, 0.3) is 0 Å². The Kier molecular flexibility index (Phi) is 20.3. The van der Waals surface area contributed by atoms with E-state index in [1.54, 1.807) is 20.8 Å². The van der Waals surface area contributed by atoms with Gasteiger partial charge in [-0.1, -0.05) is 86.6 Å². The van der Waals surface area contributed by atoms with Gasteiger partial charge in [0.05, 0.1) is 13.2 Å². The van der Waals surface area contributed by atoms with Gasteiger partial charge >= 0.3 is 18.0 Å². The van der Waals surface area contributed by atoms with Crippen LogP contribution in [-0.2, 0) is 30.2 Å². The van der Waals surface area contributed by atoms with Crippen molar-refractivity contribution in [3.63, 3.8) is 0 Å². The first kappa shape index (κ1) is 36.7. The van der Waals surface area contributed by atoms with E-state index >= 15 is 0 Å². The third-order valence-electron chi connectivity index (χ3n) is 6.07. The van der Waals surface area contributed by atoms with E-state index in [1.165, 1.54) is 25.7 Å². The van der Waals surface area contributed by atoms with Crippen LogP contribution in [-0.4, -0.2) is 42.9 Å². The molecule has 0 aliphatic carbocycles. The summed E-state index contributed by atoms with van der Waals surface area (Å²) >= 11 is 0. The number of benzene rings is 1. The fourth-order valence-corrected chi connectivity index (χ4v) is 3.90. The number of unbranched alkanes of at least 4 members (excludes halogenated alkanes) is 5. The zero-order valence-electron chi connectivity index (χ0n) is 26.3. The average molecular weight is 584 g/mol. The van der Waals surface area contributed by atoms with Crippen molar-refractivity contribution in [1.29, 1.82) is 0 Å². The number of carbonyl (C=O) groups is 3. The maximum Gasteiger partial charge on any atom is 0.408 e. The lowest BCUT2D eigenvalue weighted by Crippen LogP contribution is -2.45. The summed E-state index contributed by atoms with van der Waals surface area (Å²) in [5.74, 6) is -0.807. The van der Waals surface area contributed by atoms with E-state index in [4.69, 9.17) is 14.2 Å². The van der Waals surface area contributed by atoms with E-state index in [9.17, 15) is 14.4 Å². The molecule has 0 bridgehead atoms. The summed E-state index contributed by atoms with van der Waals surface area (Å²) in [4.78, 5) is 37.0. The first-order chi connectivity index (χ1) is 20.2. The number of nitrogens with one attached hydrogen (secondary N) is 1. The van der Waals surface area contributed by atoms with Crippen molar-refractivity contribution in [2.24, 2.45) is 0 Å². The van der Waals surface area contributed by atoms with Gasteiger partial charge in [-0.2, -0.15) is 0 Å². The number of rotatable bonds is 21. The molecule has 1 atom stereocenters. The molecular formula is C35H53NO6. The molecule has 0 heterocycles. The van der Waals surface area contributed by atoms with Gasteiger partial charge in [0.2, 0.25) is 0 Å². The summed E-state index contributed by atoms with van der Waals surface area (Å²) in [7, 11) is 0. The molecule has 0 aromatic heterocycles. The third kappa shape index (κ3) is 21.4. The van der Waals surface area contributed by atoms with Crippen LogP contribution in [0.3, 0.4) is 0 Å². The SMILES string of the molecule is CCCCC/C=C\C/C=C\C/C=C\CCCCC(=O)OCCCOC(=O)C(Cc1ccccc1)NC(=O)OC(C)(C)C. The van der Waals surface area contributed by atoms with Crippen LogP contribution in [0.15, 0.2) is 66.8 Å². The monoisotopic (exact) mass is 583 g/mol. The Bertz CT molecular complexity index is 961. The van der Waals surface area contributed by atoms with Crippen LogP contribution >= 0.6 is 0 Å². The van der Waals surface area contributed by atoms with E-state index in [1.807, 2.05) is 30.3 Å². The molecule has 0 saturated carbocycles. The Hall–Kier alpha value is -3.35. The van der Waals surface area contributed by atoms with Crippen molar-refractivity contribution >= 4 is 18.0 Å². The molecule has 1 amide bonds. The number of esters is 2. The zero-order valence-corrected chi connectivity index (χ0v) is 26.3. The smallest absolute Gasteiger partial charge is 0.408 e. The first-order valence-electron chi connectivity index (χ1n) is 15.5. The maximum atomic E-state index is 12.7. The molecular weight excluding hydrogens is 530 g/mol. The van der Waals surface area contributed by atoms with Gasteiger partial charge < -0.3 is 19.5 Å². The molecule has 0 aliphatic heterocycles. The van der Waals surface area contributed by atoms with Gasteiger partial charge in [-0.15, -0.1) is 0 Å². The van der Waals surface area contributed by atoms with Crippen molar-refractivity contribution in [3.05, 3.63) is 72.4 Å². The number of allylic oxidation sites excluding steroid dienone is 6. The summed E-state index contributed by atoms with van der Waals surface area (Å²) < 4.78 is 15.9. The number of alkyl carbamates (subject to hydrolysis) is 1. The van der Waals surface area contributed by atoms with E-state index in [0.717, 1.165) is 37.7 Å². The Morgan fingerprint density at radius 1 is 0.786 bits per heavy atom. The lowest BCUT2D eigenvalue weighted by molar-refractivity contribution is -0.147. The number of hydrogen-bond donors (Lipinski definition) is 1. The highest BCUT2D eigenvalue weighted by atomic mass is 16.6. The van der Waals surface area contributed by atoms with Gasteiger partial charge in [-0.3, -0.25) is 4.79 Å². The molecule has 0 spiro atoms. The highest BCUT2D eigenvalue weighted by molar-refractivity contribution is 5.81. The van der Waals surface area contributed by atoms with Crippen LogP contribution in [0.4, 0.5) is 4.79 Å². The zero-order chi connectivity index (χ0) is 30.9. The molecule has 0 fully saturated rings. The van der Waals surface area contributed by atoms with Crippen LogP contribution in [0, 0.1) is 0 Å². The van der Waals surface area contributed by atoms with E-state index in [2.05, 4.69) is 48.7 Å². The normalized spacial score (nSPS) is 12.6. The van der Waals surface area contributed by atoms with Crippen molar-refractivity contribution in [1.82, 2.24) is 5.32 Å². The second-order valence-corrected chi connectivity index (χ2v) is 11.3. The standard InChI is InChI=1S/C35H53NO6/c1-5-6-7-8-9-10-11-12-13-14-15-16-17-18-22-26-32(37)40-27-23-28-41-33(38)31(29-30-24-20-19-21-25-30)36-34(39)42-35(2,3)4/h9-10,12-13,15-16,19-21,24-25,31H,5-8,11,14,17-18,22-23,26-29H2,1-4H3,(H,36,39)/b10-9-,13-12-,16-15-. The van der Waals surface area contributed by atoms with Crippen LogP contribution in [0.2, 0.25) is 0 Å². The van der Waals surface area contributed by atoms with Gasteiger partial charge in [-0.25, -0.2) is 9.59 Å². The molecule has 1 unspecified atom stereocenters. The van der Waals surface area contributed by atoms with Crippen molar-refractivity contribution in [2.75, 3.05) is 13.2 Å². The van der Waals surface area contributed by atoms with E-state index in [0.29, 0.717) is 12.8 Å². The molecule has 0 radical (unpaired) electrons. The largest absolute Gasteiger partial charge is 0.466 e. The minimum absolute atomic E-state index is 0.0852. The topological polar surface area (TPSA) is 90.9 Å². The van der Waals surface area contributed by atoms with E-state index < -0.39 is 23.7 Å². The van der Waals surface area contributed by atoms with Gasteiger partial charge in [0.15, 0.2) is 0 Å². The second kappa shape index (κ2) is 23.2. The highest BCUT2D eigenvalue weighted by Crippen LogP contribution is 2.10. The summed E-state index contributed by atoms with van der Waals surface area (Å²) in [6, 6.07) is 8.47. The van der Waals surface area contributed by atoms with Gasteiger partial charge in [-0.05, 0) is 71.3 Å². The molecule has 1 rings (SSSR count). The summed E-state index contributed by atoms with van der Waals surface area (Å²) in [6.45, 7) is 7.75. The Morgan fingerprint density at radius 2 is 1.38 bits per heavy atom. The van der Waals surface area contributed by atoms with Crippen molar-refractivity contribution in [2.45, 2.75) is 116 Å². The van der Waals surface area contributed by atoms with Crippen molar-refractivity contribution in [3.8, 4) is 0 Å². The Balaban J connectivity index is 2.18. The Morgan fingerprint density at radius 3 is 2.00 bits per heavy atom. The first-order valence-corrected chi connectivity index (χ1v) is 15.5. The highest BCUT2D eigenvalue weighted by Gasteiger charge is 2.26. The average Bonchev–Trinajstić information content (AvgIpc) is 2.94. The maximum absolute atomic E-state index is 12.7. The van der Waals surface area contributed by atoms with E-state index in [-0.39, 0.29) is 25.6 Å². The molecule has 0 saturated heterocycles. The second-order valence-electron chi connectivity index (χ2n) is 11.3. The lowest BCUT2D eigenvalue weighted by atomic mass is 10.1. The third-order valence-corrected chi connectivity index (χ3v) is 6.07. The fraction of sp³-hybridized carbons (Fsp3) is 0.571. The van der Waals surface area contributed by atoms with Gasteiger partial charge in [0.25, 0.3) is 0 Å². The molecule has 0 aliphatic rings. The fourth-order valence-electron chi connectivity index (χ4n) is 3.90. The number of amides is 1. The molecule has 1 aromatic carbocycles. The quantitative estimate of drug-likeness (QED) is 0.0679. The molecule has 7 nitrogen and oxygen atoms in total. The minimum Gasteiger partial charge on any atom is -0.466 e. The molecule has 7 heteroatoms. The molecule has 42 heavy (non-hydrogen) atoms. The summed E-state index contributed by atoms with van der Waals surface area (Å²) in [5.41, 5.74) is 0.196. The van der Waals surface area contributed by atoms with Gasteiger partial charge in [0, 0.05) is 19.3 Å². The predicted molar refractivity (Wildman–Crippen MR) is 169 cm³/mol. The molecule has 1 N–H and O–H groups in total.